The van der Waals surface area contributed by atoms with Crippen LogP contribution in [-0.4, -0.2) is 60.4 Å². The topological polar surface area (TPSA) is 88.0 Å². The van der Waals surface area contributed by atoms with Crippen LogP contribution in [0.5, 0.6) is 5.75 Å². The maximum Gasteiger partial charge on any atom is 0.292 e. The number of carbonyl (C=O) groups excluding carboxylic acids is 2. The molecule has 2 N–H and O–H groups in total. The summed E-state index contributed by atoms with van der Waals surface area (Å²) in [5.74, 6) is -0.0586. The van der Waals surface area contributed by atoms with Crippen molar-refractivity contribution in [3.8, 4) is 5.75 Å². The monoisotopic (exact) mass is 395 g/mol. The number of aromatic nitrogens is 2. The molecule has 8 heteroatoms. The zero-order valence-corrected chi connectivity index (χ0v) is 16.8. The lowest BCUT2D eigenvalue weighted by Gasteiger charge is -2.09. The number of hydrogen-bond acceptors (Lipinski definition) is 5. The quantitative estimate of drug-likeness (QED) is 0.572. The Kier molecular flexibility index (Phi) is 6.46. The third kappa shape index (κ3) is 4.72. The van der Waals surface area contributed by atoms with Crippen LogP contribution in [0.15, 0.2) is 48.7 Å². The Bertz CT molecular complexity index is 1010. The summed E-state index contributed by atoms with van der Waals surface area (Å²) in [6.45, 7) is 1.41. The summed E-state index contributed by atoms with van der Waals surface area (Å²) < 4.78 is 6.89. The molecule has 29 heavy (non-hydrogen) atoms. The van der Waals surface area contributed by atoms with Crippen molar-refractivity contribution in [1.82, 2.24) is 19.6 Å². The van der Waals surface area contributed by atoms with E-state index in [4.69, 9.17) is 4.74 Å². The Morgan fingerprint density at radius 2 is 1.86 bits per heavy atom. The summed E-state index contributed by atoms with van der Waals surface area (Å²) in [4.78, 5) is 31.9. The van der Waals surface area contributed by atoms with Crippen LogP contribution >= 0.6 is 0 Å². The number of pyridine rings is 1. The van der Waals surface area contributed by atoms with Gasteiger partial charge in [0, 0.05) is 12.7 Å². The van der Waals surface area contributed by atoms with Crippen LogP contribution < -0.4 is 15.4 Å². The Morgan fingerprint density at radius 1 is 1.10 bits per heavy atom. The van der Waals surface area contributed by atoms with Gasteiger partial charge in [-0.2, -0.15) is 0 Å². The first-order chi connectivity index (χ1) is 14.0. The van der Waals surface area contributed by atoms with E-state index in [1.54, 1.807) is 40.9 Å². The lowest BCUT2D eigenvalue weighted by Crippen LogP contribution is -2.27. The molecule has 8 nitrogen and oxygen atoms in total. The van der Waals surface area contributed by atoms with Crippen LogP contribution in [0.4, 0.5) is 5.69 Å². The summed E-state index contributed by atoms with van der Waals surface area (Å²) in [5, 5.41) is 5.68. The van der Waals surface area contributed by atoms with Crippen LogP contribution in [0.3, 0.4) is 0 Å². The summed E-state index contributed by atoms with van der Waals surface area (Å²) in [6.07, 6.45) is 2.54. The van der Waals surface area contributed by atoms with Crippen molar-refractivity contribution in [3.05, 3.63) is 60.2 Å². The van der Waals surface area contributed by atoms with E-state index in [9.17, 15) is 9.59 Å². The number of rotatable bonds is 8. The molecule has 2 heterocycles. The van der Waals surface area contributed by atoms with Crippen molar-refractivity contribution in [2.75, 3.05) is 39.6 Å². The molecule has 0 bridgehead atoms. The van der Waals surface area contributed by atoms with Gasteiger partial charge in [0.05, 0.1) is 18.3 Å². The third-order valence-electron chi connectivity index (χ3n) is 4.39. The van der Waals surface area contributed by atoms with Gasteiger partial charge >= 0.3 is 0 Å². The molecular weight excluding hydrogens is 370 g/mol. The van der Waals surface area contributed by atoms with Crippen LogP contribution in [-0.2, 0) is 0 Å². The fourth-order valence-electron chi connectivity index (χ4n) is 2.97. The van der Waals surface area contributed by atoms with E-state index in [-0.39, 0.29) is 17.4 Å². The SMILES string of the molecule is COc1ccccc1NC(=O)c1nc(C(=O)NCCCN(C)C)c2ccccn12. The number of para-hydroxylation sites is 2. The van der Waals surface area contributed by atoms with Crippen molar-refractivity contribution in [2.24, 2.45) is 0 Å². The van der Waals surface area contributed by atoms with E-state index in [1.807, 2.05) is 26.2 Å². The molecule has 0 aliphatic heterocycles. The van der Waals surface area contributed by atoms with Gasteiger partial charge in [-0.3, -0.25) is 14.0 Å². The first-order valence-corrected chi connectivity index (χ1v) is 9.35. The second-order valence-electron chi connectivity index (χ2n) is 6.81. The average Bonchev–Trinajstić information content (AvgIpc) is 3.11. The second-order valence-corrected chi connectivity index (χ2v) is 6.81. The highest BCUT2D eigenvalue weighted by molar-refractivity contribution is 6.06. The Hall–Kier alpha value is -3.39. The largest absolute Gasteiger partial charge is 0.495 e. The van der Waals surface area contributed by atoms with Gasteiger partial charge in [0.1, 0.15) is 5.75 Å². The molecular formula is C21H25N5O3. The Morgan fingerprint density at radius 3 is 2.62 bits per heavy atom. The zero-order valence-electron chi connectivity index (χ0n) is 16.8. The lowest BCUT2D eigenvalue weighted by molar-refractivity contribution is 0.0949. The number of nitrogens with one attached hydrogen (secondary N) is 2. The number of anilines is 1. The number of hydrogen-bond donors (Lipinski definition) is 2. The predicted octanol–water partition coefficient (Wildman–Crippen LogP) is 2.28. The molecule has 0 aliphatic rings. The summed E-state index contributed by atoms with van der Waals surface area (Å²) in [5.41, 5.74) is 1.32. The van der Waals surface area contributed by atoms with Gasteiger partial charge in [0.15, 0.2) is 5.69 Å². The molecule has 2 aromatic heterocycles. The molecule has 0 radical (unpaired) electrons. The molecule has 3 rings (SSSR count). The van der Waals surface area contributed by atoms with Crippen molar-refractivity contribution in [3.63, 3.8) is 0 Å². The van der Waals surface area contributed by atoms with Crippen LogP contribution in [0, 0.1) is 0 Å². The number of benzene rings is 1. The molecule has 0 saturated carbocycles. The van der Waals surface area contributed by atoms with Crippen molar-refractivity contribution in [1.29, 1.82) is 0 Å². The Labute approximate surface area is 169 Å². The number of carbonyl (C=O) groups is 2. The minimum atomic E-state index is -0.428. The maximum absolute atomic E-state index is 12.9. The van der Waals surface area contributed by atoms with Gasteiger partial charge in [0.2, 0.25) is 5.82 Å². The molecule has 152 valence electrons. The van der Waals surface area contributed by atoms with Crippen molar-refractivity contribution < 1.29 is 14.3 Å². The van der Waals surface area contributed by atoms with E-state index in [2.05, 4.69) is 20.5 Å². The molecule has 0 saturated heterocycles. The van der Waals surface area contributed by atoms with E-state index < -0.39 is 5.91 Å². The van der Waals surface area contributed by atoms with Gasteiger partial charge in [-0.15, -0.1) is 0 Å². The van der Waals surface area contributed by atoms with E-state index in [0.717, 1.165) is 13.0 Å². The fraction of sp³-hybridized carbons (Fsp3) is 0.286. The highest BCUT2D eigenvalue weighted by Gasteiger charge is 2.22. The van der Waals surface area contributed by atoms with Crippen LogP contribution in [0.1, 0.15) is 27.5 Å². The molecule has 3 aromatic rings. The summed E-state index contributed by atoms with van der Waals surface area (Å²) >= 11 is 0. The number of imidazole rings is 1. The van der Waals surface area contributed by atoms with E-state index >= 15 is 0 Å². The van der Waals surface area contributed by atoms with Crippen LogP contribution in [0.2, 0.25) is 0 Å². The standard InChI is InChI=1S/C21H25N5O3/c1-25(2)13-8-12-22-20(27)18-16-10-6-7-14-26(16)19(24-18)21(28)23-15-9-4-5-11-17(15)29-3/h4-7,9-11,14H,8,12-13H2,1-3H3,(H,22,27)(H,23,28). The number of ether oxygens (including phenoxy) is 1. The molecule has 2 amide bonds. The summed E-state index contributed by atoms with van der Waals surface area (Å²) in [6, 6.07) is 12.5. The van der Waals surface area contributed by atoms with Crippen molar-refractivity contribution in [2.45, 2.75) is 6.42 Å². The lowest BCUT2D eigenvalue weighted by atomic mass is 10.3. The highest BCUT2D eigenvalue weighted by atomic mass is 16.5. The number of nitrogens with zero attached hydrogens (tertiary/aromatic N) is 3. The number of methoxy groups -OCH3 is 1. The first-order valence-electron chi connectivity index (χ1n) is 9.35. The second kappa shape index (κ2) is 9.20. The normalized spacial score (nSPS) is 10.9. The predicted molar refractivity (Wildman–Crippen MR) is 112 cm³/mol. The Balaban J connectivity index is 1.84. The van der Waals surface area contributed by atoms with Gasteiger partial charge in [-0.05, 0) is 51.3 Å². The van der Waals surface area contributed by atoms with E-state index in [1.165, 1.54) is 7.11 Å². The van der Waals surface area contributed by atoms with Crippen LogP contribution in [0.25, 0.3) is 5.52 Å². The summed E-state index contributed by atoms with van der Waals surface area (Å²) in [7, 11) is 5.50. The molecule has 0 fully saturated rings. The van der Waals surface area contributed by atoms with Gasteiger partial charge in [-0.1, -0.05) is 18.2 Å². The molecule has 1 aromatic carbocycles. The van der Waals surface area contributed by atoms with Gasteiger partial charge in [0.25, 0.3) is 11.8 Å². The highest BCUT2D eigenvalue weighted by Crippen LogP contribution is 2.24. The smallest absolute Gasteiger partial charge is 0.292 e. The van der Waals surface area contributed by atoms with Gasteiger partial charge in [-0.25, -0.2) is 4.98 Å². The fourth-order valence-corrected chi connectivity index (χ4v) is 2.97. The maximum atomic E-state index is 12.9. The molecule has 0 spiro atoms. The van der Waals surface area contributed by atoms with E-state index in [0.29, 0.717) is 23.5 Å². The first kappa shape index (κ1) is 20.3. The zero-order chi connectivity index (χ0) is 20.8. The minimum absolute atomic E-state index is 0.130. The minimum Gasteiger partial charge on any atom is -0.495 e. The van der Waals surface area contributed by atoms with Gasteiger partial charge < -0.3 is 20.3 Å². The molecule has 0 unspecified atom stereocenters. The third-order valence-corrected chi connectivity index (χ3v) is 4.39. The molecule has 0 atom stereocenters. The number of fused-ring (bicyclic) bond motifs is 1. The average molecular weight is 395 g/mol. The van der Waals surface area contributed by atoms with Crippen molar-refractivity contribution >= 4 is 23.0 Å². The molecule has 0 aliphatic carbocycles. The number of amides is 2.